The fraction of sp³-hybridized carbons (Fsp3) is 0.217. The lowest BCUT2D eigenvalue weighted by atomic mass is 10.2. The molecule has 10 nitrogen and oxygen atoms in total. The number of anilines is 4. The maximum atomic E-state index is 11.9. The number of carbonyl (C=O) groups excluding carboxylic acids is 1. The highest BCUT2D eigenvalue weighted by Crippen LogP contribution is 2.34. The lowest BCUT2D eigenvalue weighted by Crippen LogP contribution is -2.44. The van der Waals surface area contributed by atoms with E-state index in [0.717, 1.165) is 31.9 Å². The Morgan fingerprint density at radius 1 is 1.18 bits per heavy atom. The summed E-state index contributed by atoms with van der Waals surface area (Å²) >= 11 is 0. The van der Waals surface area contributed by atoms with E-state index in [1.54, 1.807) is 30.3 Å². The van der Waals surface area contributed by atoms with Gasteiger partial charge in [0.05, 0.1) is 12.8 Å². The first-order valence-corrected chi connectivity index (χ1v) is 10.3. The van der Waals surface area contributed by atoms with E-state index in [2.05, 4.69) is 37.0 Å². The zero-order valence-corrected chi connectivity index (χ0v) is 18.2. The van der Waals surface area contributed by atoms with Crippen molar-refractivity contribution in [2.45, 2.75) is 0 Å². The molecule has 3 aromatic rings. The maximum Gasteiger partial charge on any atom is 0.271 e. The van der Waals surface area contributed by atoms with Crippen LogP contribution in [0.25, 0.3) is 4.85 Å². The smallest absolute Gasteiger partial charge is 0.271 e. The van der Waals surface area contributed by atoms with Gasteiger partial charge in [0.15, 0.2) is 11.5 Å². The molecule has 0 saturated carbocycles. The zero-order chi connectivity index (χ0) is 23.4. The minimum atomic E-state index is -0.736. The largest absolute Gasteiger partial charge is 0.437 e. The minimum absolute atomic E-state index is 0.0394. The summed E-state index contributed by atoms with van der Waals surface area (Å²) in [5, 5.41) is 3.05. The van der Waals surface area contributed by atoms with Gasteiger partial charge in [-0.1, -0.05) is 6.07 Å². The summed E-state index contributed by atoms with van der Waals surface area (Å²) in [5.74, 6) is 0.0357. The standard InChI is InChI=1S/C23H24N8O2/c1-26-18-13-16(6-7-19(18)31-10-8-30(2)9-11-31)28-23-21(22(25)32)27-14-20(29-23)33-17-5-3-4-15(24)12-17/h3-7,12-14H,8-11,24H2,2H3,(H2,25,32)(H,28,29). The summed E-state index contributed by atoms with van der Waals surface area (Å²) in [4.78, 5) is 28.5. The van der Waals surface area contributed by atoms with Crippen LogP contribution in [0.5, 0.6) is 11.6 Å². The van der Waals surface area contributed by atoms with E-state index < -0.39 is 5.91 Å². The molecule has 0 spiro atoms. The first-order chi connectivity index (χ1) is 15.9. The predicted molar refractivity (Wildman–Crippen MR) is 127 cm³/mol. The van der Waals surface area contributed by atoms with Crippen LogP contribution >= 0.6 is 0 Å². The van der Waals surface area contributed by atoms with E-state index in [4.69, 9.17) is 22.8 Å². The molecular formula is C23H24N8O2. The van der Waals surface area contributed by atoms with Gasteiger partial charge in [-0.15, -0.1) is 0 Å². The number of benzene rings is 2. The molecule has 33 heavy (non-hydrogen) atoms. The Labute approximate surface area is 191 Å². The number of hydrogen-bond donors (Lipinski definition) is 3. The first-order valence-electron chi connectivity index (χ1n) is 10.3. The van der Waals surface area contributed by atoms with Crippen molar-refractivity contribution in [1.82, 2.24) is 14.9 Å². The van der Waals surface area contributed by atoms with E-state index in [-0.39, 0.29) is 17.4 Å². The van der Waals surface area contributed by atoms with Crippen LogP contribution in [0, 0.1) is 6.57 Å². The summed E-state index contributed by atoms with van der Waals surface area (Å²) in [6.45, 7) is 11.2. The van der Waals surface area contributed by atoms with Crippen LogP contribution in [0.4, 0.5) is 28.6 Å². The van der Waals surface area contributed by atoms with Crippen molar-refractivity contribution in [2.75, 3.05) is 49.2 Å². The van der Waals surface area contributed by atoms with Crippen molar-refractivity contribution in [3.63, 3.8) is 0 Å². The Balaban J connectivity index is 1.60. The van der Waals surface area contributed by atoms with E-state index in [0.29, 0.717) is 22.8 Å². The van der Waals surface area contributed by atoms with Crippen LogP contribution in [0.15, 0.2) is 48.7 Å². The molecule has 5 N–H and O–H groups in total. The number of hydrogen-bond acceptors (Lipinski definition) is 8. The van der Waals surface area contributed by atoms with E-state index in [1.165, 1.54) is 6.20 Å². The van der Waals surface area contributed by atoms with Gasteiger partial charge >= 0.3 is 0 Å². The molecule has 2 heterocycles. The van der Waals surface area contributed by atoms with Crippen LogP contribution in [-0.2, 0) is 0 Å². The highest BCUT2D eigenvalue weighted by Gasteiger charge is 2.19. The third-order valence-corrected chi connectivity index (χ3v) is 5.27. The maximum absolute atomic E-state index is 11.9. The highest BCUT2D eigenvalue weighted by atomic mass is 16.5. The fourth-order valence-electron chi connectivity index (χ4n) is 3.53. The average Bonchev–Trinajstić information content (AvgIpc) is 2.79. The Bertz CT molecular complexity index is 1220. The number of nitrogens with one attached hydrogen (secondary N) is 1. The molecule has 0 bridgehead atoms. The molecule has 1 amide bonds. The molecule has 1 aliphatic heterocycles. The van der Waals surface area contributed by atoms with Gasteiger partial charge in [-0.25, -0.2) is 9.83 Å². The zero-order valence-electron chi connectivity index (χ0n) is 18.2. The quantitative estimate of drug-likeness (QED) is 0.391. The number of nitrogens with two attached hydrogens (primary N) is 2. The Hall–Kier alpha value is -4.36. The molecule has 0 unspecified atom stereocenters. The van der Waals surface area contributed by atoms with Gasteiger partial charge in [0, 0.05) is 49.3 Å². The lowest BCUT2D eigenvalue weighted by Gasteiger charge is -2.34. The van der Waals surface area contributed by atoms with E-state index in [9.17, 15) is 4.79 Å². The van der Waals surface area contributed by atoms with Crippen LogP contribution in [-0.4, -0.2) is 54.0 Å². The molecule has 168 valence electrons. The second kappa shape index (κ2) is 9.42. The number of rotatable bonds is 6. The van der Waals surface area contributed by atoms with Gasteiger partial charge in [0.2, 0.25) is 11.6 Å². The number of nitrogens with zero attached hydrogens (tertiary/aromatic N) is 5. The topological polar surface area (TPSA) is 127 Å². The first kappa shape index (κ1) is 21.9. The van der Waals surface area contributed by atoms with Crippen molar-refractivity contribution in [2.24, 2.45) is 5.73 Å². The third-order valence-electron chi connectivity index (χ3n) is 5.27. The monoisotopic (exact) mass is 444 g/mol. The SMILES string of the molecule is [C-]#[N+]c1cc(Nc2nc(Oc3cccc(N)c3)cnc2C(N)=O)ccc1N1CCN(C)CC1. The second-order valence-electron chi connectivity index (χ2n) is 7.67. The minimum Gasteiger partial charge on any atom is -0.437 e. The summed E-state index contributed by atoms with van der Waals surface area (Å²) in [7, 11) is 2.09. The molecule has 2 aromatic carbocycles. The summed E-state index contributed by atoms with van der Waals surface area (Å²) in [5.41, 5.74) is 13.7. The Kier molecular flexibility index (Phi) is 6.24. The van der Waals surface area contributed by atoms with Gasteiger partial charge in [0.1, 0.15) is 5.75 Å². The molecule has 1 aliphatic rings. The molecule has 10 heteroatoms. The van der Waals surface area contributed by atoms with E-state index >= 15 is 0 Å². The molecule has 0 aliphatic carbocycles. The van der Waals surface area contributed by atoms with Crippen molar-refractivity contribution < 1.29 is 9.53 Å². The Morgan fingerprint density at radius 2 is 1.97 bits per heavy atom. The van der Waals surface area contributed by atoms with Gasteiger partial charge in [-0.3, -0.25) is 4.79 Å². The van der Waals surface area contributed by atoms with Crippen molar-refractivity contribution in [1.29, 1.82) is 0 Å². The van der Waals surface area contributed by atoms with E-state index in [1.807, 2.05) is 12.1 Å². The van der Waals surface area contributed by atoms with Crippen molar-refractivity contribution in [3.05, 3.63) is 65.8 Å². The number of aromatic nitrogens is 2. The summed E-state index contributed by atoms with van der Waals surface area (Å²) < 4.78 is 5.72. The number of nitrogen functional groups attached to an aromatic ring is 1. The average molecular weight is 444 g/mol. The third kappa shape index (κ3) is 5.11. The molecule has 4 rings (SSSR count). The van der Waals surface area contributed by atoms with Crippen LogP contribution in [0.3, 0.4) is 0 Å². The Morgan fingerprint density at radius 3 is 2.67 bits per heavy atom. The summed E-state index contributed by atoms with van der Waals surface area (Å²) in [6, 6.07) is 12.3. The molecule has 1 fully saturated rings. The number of likely N-dealkylation sites (N-methyl/N-ethyl adjacent to an activating group) is 1. The summed E-state index contributed by atoms with van der Waals surface area (Å²) in [6.07, 6.45) is 1.31. The predicted octanol–water partition coefficient (Wildman–Crippen LogP) is 3.00. The van der Waals surface area contributed by atoms with Gasteiger partial charge < -0.3 is 31.3 Å². The molecule has 1 aromatic heterocycles. The normalized spacial score (nSPS) is 13.9. The lowest BCUT2D eigenvalue weighted by molar-refractivity contribution is 0.0996. The second-order valence-corrected chi connectivity index (χ2v) is 7.67. The van der Waals surface area contributed by atoms with Crippen LogP contribution in [0.1, 0.15) is 10.5 Å². The van der Waals surface area contributed by atoms with Crippen molar-refractivity contribution >= 4 is 34.5 Å². The molecule has 1 saturated heterocycles. The number of carbonyl (C=O) groups is 1. The van der Waals surface area contributed by atoms with Crippen LogP contribution < -0.4 is 26.4 Å². The van der Waals surface area contributed by atoms with Gasteiger partial charge in [-0.2, -0.15) is 4.98 Å². The van der Waals surface area contributed by atoms with Gasteiger partial charge in [-0.05, 0) is 37.4 Å². The number of ether oxygens (including phenoxy) is 1. The van der Waals surface area contributed by atoms with Crippen LogP contribution in [0.2, 0.25) is 0 Å². The molecular weight excluding hydrogens is 420 g/mol. The number of primary amides is 1. The number of piperazine rings is 1. The highest BCUT2D eigenvalue weighted by molar-refractivity contribution is 5.96. The molecule has 0 radical (unpaired) electrons. The molecule has 0 atom stereocenters. The fourth-order valence-corrected chi connectivity index (χ4v) is 3.53. The van der Waals surface area contributed by atoms with Crippen molar-refractivity contribution in [3.8, 4) is 11.6 Å². The number of amides is 1. The van der Waals surface area contributed by atoms with Gasteiger partial charge in [0.25, 0.3) is 5.91 Å².